The van der Waals surface area contributed by atoms with Gasteiger partial charge in [-0.2, -0.15) is 14.9 Å². The van der Waals surface area contributed by atoms with Gasteiger partial charge in [0.15, 0.2) is 11.5 Å². The number of aromatic nitrogens is 6. The zero-order valence-electron chi connectivity index (χ0n) is 22.5. The Morgan fingerprint density at radius 1 is 1.14 bits per heavy atom. The molecule has 13 nitrogen and oxygen atoms in total. The van der Waals surface area contributed by atoms with Crippen LogP contribution >= 0.6 is 0 Å². The number of carbonyl (C=O) groups excluding carboxylic acids is 2. The van der Waals surface area contributed by atoms with E-state index in [0.717, 1.165) is 24.0 Å². The van der Waals surface area contributed by atoms with Crippen LogP contribution in [0.5, 0.6) is 0 Å². The van der Waals surface area contributed by atoms with Gasteiger partial charge in [0.05, 0.1) is 35.4 Å². The van der Waals surface area contributed by atoms with Crippen LogP contribution in [0.2, 0.25) is 0 Å². The maximum absolute atomic E-state index is 13.1. The number of benzene rings is 2. The normalized spacial score (nSPS) is 17.1. The number of ether oxygens (including phenoxy) is 1. The van der Waals surface area contributed by atoms with Crippen LogP contribution in [0.4, 0.5) is 10.7 Å². The van der Waals surface area contributed by atoms with Crippen LogP contribution in [0.1, 0.15) is 30.0 Å². The second kappa shape index (κ2) is 10.5. The first kappa shape index (κ1) is 25.5. The molecule has 42 heavy (non-hydrogen) atoms. The lowest BCUT2D eigenvalue weighted by Crippen LogP contribution is -2.44. The first-order chi connectivity index (χ1) is 20.6. The Morgan fingerprint density at radius 2 is 2.00 bits per heavy atom. The van der Waals surface area contributed by atoms with Crippen LogP contribution in [0.3, 0.4) is 0 Å². The summed E-state index contributed by atoms with van der Waals surface area (Å²) < 4.78 is 8.98. The number of amides is 2. The minimum atomic E-state index is -0.871. The molecule has 0 unspecified atom stereocenters. The van der Waals surface area contributed by atoms with E-state index in [1.807, 2.05) is 47.3 Å². The van der Waals surface area contributed by atoms with Gasteiger partial charge < -0.3 is 20.3 Å². The van der Waals surface area contributed by atoms with Gasteiger partial charge in [-0.25, -0.2) is 14.8 Å². The maximum atomic E-state index is 13.1. The molecule has 13 heteroatoms. The quantitative estimate of drug-likeness (QED) is 0.318. The molecule has 4 heterocycles. The monoisotopic (exact) mass is 562 g/mol. The number of nitriles is 1. The average molecular weight is 563 g/mol. The van der Waals surface area contributed by atoms with Crippen LogP contribution in [0.25, 0.3) is 27.9 Å². The van der Waals surface area contributed by atoms with Crippen molar-refractivity contribution < 1.29 is 14.3 Å². The summed E-state index contributed by atoms with van der Waals surface area (Å²) >= 11 is 0. The van der Waals surface area contributed by atoms with Gasteiger partial charge in [0.25, 0.3) is 0 Å². The van der Waals surface area contributed by atoms with Gasteiger partial charge in [-0.05, 0) is 30.5 Å². The van der Waals surface area contributed by atoms with Crippen LogP contribution in [-0.2, 0) is 16.1 Å². The predicted molar refractivity (Wildman–Crippen MR) is 151 cm³/mol. The third-order valence-electron chi connectivity index (χ3n) is 7.37. The molecule has 1 aliphatic heterocycles. The number of carbonyl (C=O) groups is 2. The van der Waals surface area contributed by atoms with Crippen molar-refractivity contribution in [2.45, 2.75) is 31.5 Å². The molecule has 0 bridgehead atoms. The van der Waals surface area contributed by atoms with E-state index in [-0.39, 0.29) is 38.1 Å². The molecule has 1 atom stereocenters. The highest BCUT2D eigenvalue weighted by Gasteiger charge is 2.30. The summed E-state index contributed by atoms with van der Waals surface area (Å²) in [6.45, 7) is 0.721. The van der Waals surface area contributed by atoms with Crippen molar-refractivity contribution in [2.24, 2.45) is 0 Å². The number of fused-ring (bicyclic) bond motifs is 3. The standard InChI is InChI=1S/C29H26N10O3/c30-13-19-7-4-8-22-24(19)34-28(39-26(22)35-25(36-39)20-14-32-38(15-20)21-9-10-21)33-23-16-37(12-11-31-27(23)40)29(41)42-17-18-5-2-1-3-6-18/h1-8,14-15,21,23H,9-12,16-17H2,(H,31,40)(H,33,34)/t23-/m1/s1. The Hall–Kier alpha value is -5.51. The van der Waals surface area contributed by atoms with Crippen LogP contribution in [-0.4, -0.2) is 71.9 Å². The molecule has 1 saturated heterocycles. The van der Waals surface area contributed by atoms with Crippen LogP contribution < -0.4 is 10.6 Å². The summed E-state index contributed by atoms with van der Waals surface area (Å²) in [5, 5.41) is 25.6. The Labute approximate surface area is 239 Å². The van der Waals surface area contributed by atoms with Gasteiger partial charge in [-0.1, -0.05) is 36.4 Å². The SMILES string of the molecule is N#Cc1cccc2c1nc(N[C@@H]1CN(C(=O)OCc3ccccc3)CCNC1=O)n1nc(-c3cnn(C4CC4)c3)nc21. The van der Waals surface area contributed by atoms with E-state index in [9.17, 15) is 14.9 Å². The lowest BCUT2D eigenvalue weighted by molar-refractivity contribution is -0.121. The molecule has 2 amide bonds. The Morgan fingerprint density at radius 3 is 2.81 bits per heavy atom. The highest BCUT2D eigenvalue weighted by atomic mass is 16.6. The highest BCUT2D eigenvalue weighted by Crippen LogP contribution is 2.35. The van der Waals surface area contributed by atoms with E-state index in [1.165, 1.54) is 9.42 Å². The van der Waals surface area contributed by atoms with Crippen molar-refractivity contribution in [3.05, 3.63) is 72.1 Å². The number of nitrogens with zero attached hydrogens (tertiary/aromatic N) is 8. The van der Waals surface area contributed by atoms with Crippen molar-refractivity contribution >= 4 is 34.5 Å². The zero-order valence-corrected chi connectivity index (χ0v) is 22.5. The molecule has 1 saturated carbocycles. The molecule has 2 fully saturated rings. The number of rotatable bonds is 6. The zero-order chi connectivity index (χ0) is 28.6. The molecule has 2 aliphatic rings. The second-order valence-electron chi connectivity index (χ2n) is 10.3. The fourth-order valence-electron chi connectivity index (χ4n) is 5.01. The Balaban J connectivity index is 1.22. The largest absolute Gasteiger partial charge is 0.445 e. The minimum Gasteiger partial charge on any atom is -0.445 e. The minimum absolute atomic E-state index is 0.0380. The van der Waals surface area contributed by atoms with E-state index in [2.05, 4.69) is 21.8 Å². The van der Waals surface area contributed by atoms with E-state index in [4.69, 9.17) is 19.8 Å². The molecule has 210 valence electrons. The first-order valence-corrected chi connectivity index (χ1v) is 13.7. The number of hydrogen-bond donors (Lipinski definition) is 2. The molecule has 0 spiro atoms. The van der Waals surface area contributed by atoms with Crippen molar-refractivity contribution in [1.29, 1.82) is 5.26 Å². The first-order valence-electron chi connectivity index (χ1n) is 13.7. The summed E-state index contributed by atoms with van der Waals surface area (Å²) in [5.74, 6) is 0.356. The molecular formula is C29H26N10O3. The van der Waals surface area contributed by atoms with E-state index < -0.39 is 12.1 Å². The molecule has 7 rings (SSSR count). The van der Waals surface area contributed by atoms with Gasteiger partial charge in [-0.3, -0.25) is 9.48 Å². The molecule has 2 aromatic carbocycles. The fourth-order valence-corrected chi connectivity index (χ4v) is 5.01. The molecule has 2 N–H and O–H groups in total. The van der Waals surface area contributed by atoms with Gasteiger partial charge in [-0.15, -0.1) is 5.10 Å². The maximum Gasteiger partial charge on any atom is 0.410 e. The molecule has 1 aliphatic carbocycles. The summed E-state index contributed by atoms with van der Waals surface area (Å²) in [7, 11) is 0. The van der Waals surface area contributed by atoms with E-state index in [0.29, 0.717) is 34.0 Å². The topological polar surface area (TPSA) is 155 Å². The summed E-state index contributed by atoms with van der Waals surface area (Å²) in [6, 6.07) is 16.4. The van der Waals surface area contributed by atoms with Crippen molar-refractivity contribution in [3.63, 3.8) is 0 Å². The Bertz CT molecular complexity index is 1850. The van der Waals surface area contributed by atoms with Crippen molar-refractivity contribution in [2.75, 3.05) is 25.0 Å². The molecule has 0 radical (unpaired) electrons. The summed E-state index contributed by atoms with van der Waals surface area (Å²) in [4.78, 5) is 37.1. The van der Waals surface area contributed by atoms with Gasteiger partial charge in [0.2, 0.25) is 11.9 Å². The predicted octanol–water partition coefficient (Wildman–Crippen LogP) is 2.90. The summed E-state index contributed by atoms with van der Waals surface area (Å²) in [5.41, 5.74) is 2.88. The molecule has 5 aromatic rings. The van der Waals surface area contributed by atoms with Gasteiger partial charge in [0.1, 0.15) is 18.7 Å². The fraction of sp³-hybridized carbons (Fsp3) is 0.276. The van der Waals surface area contributed by atoms with Crippen molar-refractivity contribution in [3.8, 4) is 17.5 Å². The van der Waals surface area contributed by atoms with Crippen molar-refractivity contribution in [1.82, 2.24) is 39.6 Å². The molecular weight excluding hydrogens is 536 g/mol. The van der Waals surface area contributed by atoms with E-state index in [1.54, 1.807) is 18.3 Å². The summed E-state index contributed by atoms with van der Waals surface area (Å²) in [6.07, 6.45) is 5.32. The number of hydrogen-bond acceptors (Lipinski definition) is 9. The smallest absolute Gasteiger partial charge is 0.410 e. The second-order valence-corrected chi connectivity index (χ2v) is 10.3. The highest BCUT2D eigenvalue weighted by molar-refractivity contribution is 5.96. The number of anilines is 1. The number of nitrogens with one attached hydrogen (secondary N) is 2. The molecule has 3 aromatic heterocycles. The lowest BCUT2D eigenvalue weighted by Gasteiger charge is -2.23. The van der Waals surface area contributed by atoms with Gasteiger partial charge in [0, 0.05) is 24.7 Å². The Kier molecular flexibility index (Phi) is 6.35. The average Bonchev–Trinajstić information content (AvgIpc) is 3.62. The lowest BCUT2D eigenvalue weighted by atomic mass is 10.1. The van der Waals surface area contributed by atoms with Crippen LogP contribution in [0.15, 0.2) is 60.9 Å². The third kappa shape index (κ3) is 4.83. The number of para-hydroxylation sites is 1. The van der Waals surface area contributed by atoms with Crippen LogP contribution in [0, 0.1) is 11.3 Å². The van der Waals surface area contributed by atoms with Gasteiger partial charge >= 0.3 is 6.09 Å². The third-order valence-corrected chi connectivity index (χ3v) is 7.37. The van der Waals surface area contributed by atoms with E-state index >= 15 is 0 Å².